The predicted molar refractivity (Wildman–Crippen MR) is 173 cm³/mol. The number of halogens is 1. The number of esters is 1. The van der Waals surface area contributed by atoms with Crippen molar-refractivity contribution in [2.45, 2.75) is 83.6 Å². The third kappa shape index (κ3) is 4.96. The molecule has 222 valence electrons. The largest absolute Gasteiger partial charge is 0.463 e. The smallest absolute Gasteiger partial charge is 0.302 e. The van der Waals surface area contributed by atoms with Crippen molar-refractivity contribution in [1.82, 2.24) is 0 Å². The molecular formula is C38H45BrO3. The summed E-state index contributed by atoms with van der Waals surface area (Å²) in [4.78, 5) is 26.0. The van der Waals surface area contributed by atoms with Crippen molar-refractivity contribution in [3.8, 4) is 0 Å². The number of hydrogen-bond acceptors (Lipinski definition) is 3. The second-order valence-corrected chi connectivity index (χ2v) is 14.9. The first-order valence-corrected chi connectivity index (χ1v) is 16.9. The number of alkyl halides is 1. The second kappa shape index (κ2) is 11.6. The fourth-order valence-corrected chi connectivity index (χ4v) is 10.9. The van der Waals surface area contributed by atoms with Crippen molar-refractivity contribution in [1.29, 1.82) is 0 Å². The number of ketones is 1. The Morgan fingerprint density at radius 3 is 2.14 bits per heavy atom. The van der Waals surface area contributed by atoms with Crippen molar-refractivity contribution in [2.24, 2.45) is 40.4 Å². The third-order valence-electron chi connectivity index (χ3n) is 12.0. The topological polar surface area (TPSA) is 43.4 Å². The fraction of sp³-hybridized carbons (Fsp3) is 0.526. The van der Waals surface area contributed by atoms with E-state index in [4.69, 9.17) is 4.74 Å². The van der Waals surface area contributed by atoms with Gasteiger partial charge in [0.05, 0.1) is 4.83 Å². The Hall–Kier alpha value is -2.46. The Labute approximate surface area is 260 Å². The van der Waals surface area contributed by atoms with E-state index in [1.165, 1.54) is 35.6 Å². The molecule has 42 heavy (non-hydrogen) atoms. The van der Waals surface area contributed by atoms with Crippen molar-refractivity contribution in [3.05, 3.63) is 89.5 Å². The standard InChI is InChI=1S/C38H45BrO3/c1-24(15-17-30(26-11-7-5-8-12-26)27-13-9-6-10-14-27)32-19-20-33-31-18-16-28-23-29(42-25(2)40)21-22-37(28,3)34(31)35(41)36(39)38(32,33)4/h5-15,17,28-29,31-34,36H,16,18-23H2,1-4H3/b24-15-/t28-,29-,31-,32+,33-,34+,36-,37-,38+/m0/s1. The number of rotatable bonds is 5. The van der Waals surface area contributed by atoms with Crippen molar-refractivity contribution < 1.29 is 14.3 Å². The summed E-state index contributed by atoms with van der Waals surface area (Å²) in [6, 6.07) is 21.3. The van der Waals surface area contributed by atoms with E-state index in [0.29, 0.717) is 29.5 Å². The minimum absolute atomic E-state index is 0.00399. The molecule has 4 fully saturated rings. The summed E-state index contributed by atoms with van der Waals surface area (Å²) in [6.07, 6.45) is 12.0. The van der Waals surface area contributed by atoms with Gasteiger partial charge in [-0.2, -0.15) is 0 Å². The summed E-state index contributed by atoms with van der Waals surface area (Å²) >= 11 is 4.06. The molecule has 0 radical (unpaired) electrons. The van der Waals surface area contributed by atoms with Gasteiger partial charge in [-0.25, -0.2) is 0 Å². The molecule has 4 aliphatic rings. The number of carbonyl (C=O) groups excluding carboxylic acids is 2. The molecular weight excluding hydrogens is 584 g/mol. The van der Waals surface area contributed by atoms with Gasteiger partial charge in [0.1, 0.15) is 6.10 Å². The molecule has 0 unspecified atom stereocenters. The van der Waals surface area contributed by atoms with Gasteiger partial charge in [-0.3, -0.25) is 9.59 Å². The zero-order valence-electron chi connectivity index (χ0n) is 25.5. The lowest BCUT2D eigenvalue weighted by atomic mass is 9.44. The van der Waals surface area contributed by atoms with Gasteiger partial charge < -0.3 is 4.74 Å². The highest BCUT2D eigenvalue weighted by Crippen LogP contribution is 2.68. The van der Waals surface area contributed by atoms with E-state index in [2.05, 4.69) is 110 Å². The summed E-state index contributed by atoms with van der Waals surface area (Å²) in [5.41, 5.74) is 4.93. The first-order valence-electron chi connectivity index (χ1n) is 16.0. The normalized spacial score (nSPS) is 37.7. The lowest BCUT2D eigenvalue weighted by molar-refractivity contribution is -0.167. The van der Waals surface area contributed by atoms with Crippen LogP contribution in [0.3, 0.4) is 0 Å². The summed E-state index contributed by atoms with van der Waals surface area (Å²) in [5.74, 6) is 2.14. The molecule has 6 rings (SSSR count). The first-order chi connectivity index (χ1) is 20.1. The molecule has 4 aliphatic carbocycles. The average molecular weight is 630 g/mol. The van der Waals surface area contributed by atoms with E-state index in [-0.39, 0.29) is 33.6 Å². The van der Waals surface area contributed by atoms with Crippen molar-refractivity contribution >= 4 is 33.3 Å². The van der Waals surface area contributed by atoms with Gasteiger partial charge >= 0.3 is 5.97 Å². The second-order valence-electron chi connectivity index (χ2n) is 14.0. The van der Waals surface area contributed by atoms with E-state index in [0.717, 1.165) is 38.5 Å². The molecule has 0 amide bonds. The van der Waals surface area contributed by atoms with Crippen molar-refractivity contribution in [2.75, 3.05) is 0 Å². The maximum Gasteiger partial charge on any atom is 0.302 e. The van der Waals surface area contributed by atoms with E-state index in [1.807, 2.05) is 0 Å². The lowest BCUT2D eigenvalue weighted by Crippen LogP contribution is -2.62. The molecule has 3 nitrogen and oxygen atoms in total. The molecule has 0 heterocycles. The molecule has 0 spiro atoms. The van der Waals surface area contributed by atoms with Crippen LogP contribution in [-0.2, 0) is 14.3 Å². The molecule has 0 bridgehead atoms. The van der Waals surface area contributed by atoms with E-state index in [9.17, 15) is 9.59 Å². The van der Waals surface area contributed by atoms with Gasteiger partial charge in [0, 0.05) is 12.8 Å². The van der Waals surface area contributed by atoms with Gasteiger partial charge in [0.25, 0.3) is 0 Å². The molecule has 4 saturated carbocycles. The summed E-state index contributed by atoms with van der Waals surface area (Å²) < 4.78 is 5.65. The molecule has 0 saturated heterocycles. The van der Waals surface area contributed by atoms with Crippen LogP contribution >= 0.6 is 15.9 Å². The van der Waals surface area contributed by atoms with Gasteiger partial charge in [-0.15, -0.1) is 0 Å². The highest BCUT2D eigenvalue weighted by molar-refractivity contribution is 9.10. The van der Waals surface area contributed by atoms with E-state index < -0.39 is 0 Å². The lowest BCUT2D eigenvalue weighted by Gasteiger charge is -2.61. The van der Waals surface area contributed by atoms with Gasteiger partial charge in [-0.1, -0.05) is 108 Å². The summed E-state index contributed by atoms with van der Waals surface area (Å²) in [5, 5.41) is 0. The highest BCUT2D eigenvalue weighted by Gasteiger charge is 2.66. The third-order valence-corrected chi connectivity index (χ3v) is 13.4. The maximum atomic E-state index is 14.5. The van der Waals surface area contributed by atoms with Crippen LogP contribution in [0.4, 0.5) is 0 Å². The number of hydrogen-bond donors (Lipinski definition) is 0. The fourth-order valence-electron chi connectivity index (χ4n) is 9.97. The summed E-state index contributed by atoms with van der Waals surface area (Å²) in [7, 11) is 0. The maximum absolute atomic E-state index is 14.5. The van der Waals surface area contributed by atoms with Crippen LogP contribution < -0.4 is 0 Å². The van der Waals surface area contributed by atoms with Crippen LogP contribution in [0, 0.1) is 40.4 Å². The number of carbonyl (C=O) groups is 2. The quantitative estimate of drug-likeness (QED) is 0.188. The van der Waals surface area contributed by atoms with E-state index >= 15 is 0 Å². The SMILES string of the molecule is CC(=O)O[C@H]1CC[C@@]2(C)[C@@H](CC[C@@H]3[C@@H]2C(=O)[C@H](Br)[C@]2(C)[C@@H](/C(C)=C\C=C(c4ccccc4)c4ccccc4)CC[C@@H]32)C1. The molecule has 0 aromatic heterocycles. The Bertz CT molecular complexity index is 1340. The number of benzene rings is 2. The van der Waals surface area contributed by atoms with Gasteiger partial charge in [-0.05, 0) is 103 Å². The van der Waals surface area contributed by atoms with Crippen LogP contribution in [-0.4, -0.2) is 22.7 Å². The zero-order valence-corrected chi connectivity index (χ0v) is 27.1. The summed E-state index contributed by atoms with van der Waals surface area (Å²) in [6.45, 7) is 8.59. The van der Waals surface area contributed by atoms with Gasteiger partial charge in [0.2, 0.25) is 0 Å². The Morgan fingerprint density at radius 2 is 1.52 bits per heavy atom. The highest BCUT2D eigenvalue weighted by atomic mass is 79.9. The molecule has 2 aromatic carbocycles. The van der Waals surface area contributed by atoms with Crippen LogP contribution in [0.5, 0.6) is 0 Å². The molecule has 0 N–H and O–H groups in total. The van der Waals surface area contributed by atoms with Crippen LogP contribution in [0.1, 0.15) is 83.8 Å². The zero-order chi connectivity index (χ0) is 29.6. The number of allylic oxidation sites excluding steroid dienone is 3. The number of Topliss-reactive ketones (excluding diaryl/α,β-unsaturated/α-hetero) is 1. The molecule has 9 atom stereocenters. The average Bonchev–Trinajstić information content (AvgIpc) is 3.35. The van der Waals surface area contributed by atoms with Crippen LogP contribution in [0.15, 0.2) is 78.4 Å². The Balaban J connectivity index is 1.29. The first kappa shape index (κ1) is 29.6. The van der Waals surface area contributed by atoms with Gasteiger partial charge in [0.15, 0.2) is 5.78 Å². The predicted octanol–water partition coefficient (Wildman–Crippen LogP) is 9.21. The minimum Gasteiger partial charge on any atom is -0.463 e. The van der Waals surface area contributed by atoms with E-state index in [1.54, 1.807) is 0 Å². The molecule has 0 aliphatic heterocycles. The van der Waals surface area contributed by atoms with Crippen molar-refractivity contribution in [3.63, 3.8) is 0 Å². The monoisotopic (exact) mass is 628 g/mol. The number of ether oxygens (including phenoxy) is 1. The van der Waals surface area contributed by atoms with Crippen LogP contribution in [0.2, 0.25) is 0 Å². The van der Waals surface area contributed by atoms with Crippen LogP contribution in [0.25, 0.3) is 5.57 Å². The molecule has 2 aromatic rings. The Kier molecular flexibility index (Phi) is 8.15. The molecule has 4 heteroatoms. The Morgan fingerprint density at radius 1 is 0.881 bits per heavy atom. The minimum atomic E-state index is -0.183. The number of fused-ring (bicyclic) bond motifs is 5.